The van der Waals surface area contributed by atoms with Crippen molar-refractivity contribution in [1.82, 2.24) is 14.1 Å². The van der Waals surface area contributed by atoms with E-state index >= 15 is 0 Å². The lowest BCUT2D eigenvalue weighted by Crippen LogP contribution is -2.52. The molecule has 2 fully saturated rings. The van der Waals surface area contributed by atoms with Crippen LogP contribution in [0.2, 0.25) is 0 Å². The number of morpholine rings is 1. The highest BCUT2D eigenvalue weighted by Gasteiger charge is 2.29. The maximum Gasteiger partial charge on any atom is 0.243 e. The van der Waals surface area contributed by atoms with Crippen molar-refractivity contribution < 1.29 is 17.9 Å². The molecule has 1 amide bonds. The first-order valence-electron chi connectivity index (χ1n) is 8.30. The van der Waals surface area contributed by atoms with Crippen LogP contribution < -0.4 is 0 Å². The number of sulfonamides is 1. The molecular formula is C16H22BrN3O4S. The minimum atomic E-state index is -3.48. The van der Waals surface area contributed by atoms with Gasteiger partial charge in [-0.25, -0.2) is 8.42 Å². The molecule has 1 aromatic carbocycles. The number of nitrogens with zero attached hydrogens (tertiary/aromatic N) is 3. The number of piperazine rings is 1. The molecule has 2 saturated heterocycles. The molecule has 0 aliphatic carbocycles. The van der Waals surface area contributed by atoms with Gasteiger partial charge in [0.1, 0.15) is 0 Å². The van der Waals surface area contributed by atoms with E-state index in [9.17, 15) is 13.2 Å². The number of benzene rings is 1. The number of rotatable bonds is 4. The highest BCUT2D eigenvalue weighted by Crippen LogP contribution is 2.20. The zero-order valence-corrected chi connectivity index (χ0v) is 16.3. The highest BCUT2D eigenvalue weighted by molar-refractivity contribution is 9.10. The average Bonchev–Trinajstić information content (AvgIpc) is 2.63. The summed E-state index contributed by atoms with van der Waals surface area (Å²) in [5.74, 6) is 0.0903. The lowest BCUT2D eigenvalue weighted by Gasteiger charge is -2.35. The number of amides is 1. The fraction of sp³-hybridized carbons (Fsp3) is 0.562. The van der Waals surface area contributed by atoms with E-state index in [-0.39, 0.29) is 5.91 Å². The van der Waals surface area contributed by atoms with Gasteiger partial charge in [0, 0.05) is 43.7 Å². The van der Waals surface area contributed by atoms with Gasteiger partial charge in [0.2, 0.25) is 15.9 Å². The van der Waals surface area contributed by atoms with E-state index in [0.29, 0.717) is 63.9 Å². The normalized spacial score (nSPS) is 20.6. The van der Waals surface area contributed by atoms with Crippen molar-refractivity contribution in [2.75, 3.05) is 59.0 Å². The van der Waals surface area contributed by atoms with Crippen LogP contribution >= 0.6 is 15.9 Å². The Hall–Kier alpha value is -1.00. The largest absolute Gasteiger partial charge is 0.378 e. The summed E-state index contributed by atoms with van der Waals surface area (Å²) in [6, 6.07) is 6.66. The first kappa shape index (κ1) is 18.8. The third-order valence-corrected chi connectivity index (χ3v) is 6.95. The molecule has 1 aromatic rings. The predicted molar refractivity (Wildman–Crippen MR) is 96.7 cm³/mol. The molecule has 0 spiro atoms. The van der Waals surface area contributed by atoms with Crippen molar-refractivity contribution in [3.8, 4) is 0 Å². The molecule has 0 bridgehead atoms. The summed E-state index contributed by atoms with van der Waals surface area (Å²) in [4.78, 5) is 16.4. The topological polar surface area (TPSA) is 70.2 Å². The zero-order valence-electron chi connectivity index (χ0n) is 13.9. The van der Waals surface area contributed by atoms with Crippen LogP contribution in [0.25, 0.3) is 0 Å². The fourth-order valence-electron chi connectivity index (χ4n) is 2.99. The van der Waals surface area contributed by atoms with Crippen LogP contribution in [0.4, 0.5) is 0 Å². The van der Waals surface area contributed by atoms with Gasteiger partial charge in [0.15, 0.2) is 0 Å². The third kappa shape index (κ3) is 4.59. The third-order valence-electron chi connectivity index (χ3n) is 4.51. The van der Waals surface area contributed by atoms with Gasteiger partial charge in [-0.1, -0.05) is 15.9 Å². The maximum absolute atomic E-state index is 12.7. The fourth-order valence-corrected chi connectivity index (χ4v) is 4.67. The summed E-state index contributed by atoms with van der Waals surface area (Å²) >= 11 is 3.31. The maximum atomic E-state index is 12.7. The molecule has 2 aliphatic heterocycles. The molecule has 0 N–H and O–H groups in total. The first-order valence-corrected chi connectivity index (χ1v) is 10.5. The lowest BCUT2D eigenvalue weighted by atomic mass is 10.3. The van der Waals surface area contributed by atoms with Gasteiger partial charge in [-0.2, -0.15) is 4.31 Å². The summed E-state index contributed by atoms with van der Waals surface area (Å²) in [6.45, 7) is 4.71. The van der Waals surface area contributed by atoms with Crippen molar-refractivity contribution >= 4 is 31.9 Å². The molecule has 0 aromatic heterocycles. The van der Waals surface area contributed by atoms with Crippen molar-refractivity contribution in [2.45, 2.75) is 4.90 Å². The van der Waals surface area contributed by atoms with E-state index in [0.717, 1.165) is 4.47 Å². The standard InChI is InChI=1S/C16H22BrN3O4S/c17-14-1-3-15(4-2-14)25(22,23)20-7-5-18(6-8-20)13-16(21)19-9-11-24-12-10-19/h1-4H,5-13H2. The zero-order chi connectivity index (χ0) is 17.9. The molecular weight excluding hydrogens is 410 g/mol. The second-order valence-corrected chi connectivity index (χ2v) is 8.98. The van der Waals surface area contributed by atoms with Crippen molar-refractivity contribution in [1.29, 1.82) is 0 Å². The number of halogens is 1. The molecule has 7 nitrogen and oxygen atoms in total. The Kier molecular flexibility index (Phi) is 6.11. The number of hydrogen-bond donors (Lipinski definition) is 0. The second-order valence-electron chi connectivity index (χ2n) is 6.13. The molecule has 9 heteroatoms. The summed E-state index contributed by atoms with van der Waals surface area (Å²) < 4.78 is 32.9. The van der Waals surface area contributed by atoms with Gasteiger partial charge >= 0.3 is 0 Å². The number of hydrogen-bond acceptors (Lipinski definition) is 5. The van der Waals surface area contributed by atoms with Crippen LogP contribution in [0.3, 0.4) is 0 Å². The predicted octanol–water partition coefficient (Wildman–Crippen LogP) is 0.614. The number of ether oxygens (including phenoxy) is 1. The van der Waals surface area contributed by atoms with Crippen molar-refractivity contribution in [2.24, 2.45) is 0 Å². The van der Waals surface area contributed by atoms with Crippen LogP contribution in [0, 0.1) is 0 Å². The Morgan fingerprint density at radius 3 is 2.20 bits per heavy atom. The molecule has 138 valence electrons. The first-order chi connectivity index (χ1) is 12.0. The quantitative estimate of drug-likeness (QED) is 0.698. The van der Waals surface area contributed by atoms with Gasteiger partial charge in [0.25, 0.3) is 0 Å². The Morgan fingerprint density at radius 2 is 1.60 bits per heavy atom. The van der Waals surface area contributed by atoms with E-state index in [1.807, 2.05) is 9.80 Å². The van der Waals surface area contributed by atoms with Crippen LogP contribution in [0.15, 0.2) is 33.6 Å². The van der Waals surface area contributed by atoms with E-state index < -0.39 is 10.0 Å². The molecule has 3 rings (SSSR count). The summed E-state index contributed by atoms with van der Waals surface area (Å²) in [5.41, 5.74) is 0. The summed E-state index contributed by atoms with van der Waals surface area (Å²) in [5, 5.41) is 0. The van der Waals surface area contributed by atoms with Gasteiger partial charge in [-0.15, -0.1) is 0 Å². The second kappa shape index (κ2) is 8.13. The SMILES string of the molecule is O=C(CN1CCN(S(=O)(=O)c2ccc(Br)cc2)CC1)N1CCOCC1. The molecule has 25 heavy (non-hydrogen) atoms. The van der Waals surface area contributed by atoms with Crippen LogP contribution in [-0.4, -0.2) is 87.5 Å². The van der Waals surface area contributed by atoms with E-state index in [2.05, 4.69) is 15.9 Å². The van der Waals surface area contributed by atoms with E-state index in [4.69, 9.17) is 4.74 Å². The Morgan fingerprint density at radius 1 is 1.00 bits per heavy atom. The van der Waals surface area contributed by atoms with Crippen LogP contribution in [-0.2, 0) is 19.6 Å². The molecule has 0 radical (unpaired) electrons. The smallest absolute Gasteiger partial charge is 0.243 e. The van der Waals surface area contributed by atoms with Crippen LogP contribution in [0.5, 0.6) is 0 Å². The summed E-state index contributed by atoms with van der Waals surface area (Å²) in [7, 11) is -3.48. The highest BCUT2D eigenvalue weighted by atomic mass is 79.9. The van der Waals surface area contributed by atoms with Crippen molar-refractivity contribution in [3.63, 3.8) is 0 Å². The van der Waals surface area contributed by atoms with Gasteiger partial charge in [-0.3, -0.25) is 9.69 Å². The number of carbonyl (C=O) groups is 1. The van der Waals surface area contributed by atoms with Gasteiger partial charge in [-0.05, 0) is 24.3 Å². The van der Waals surface area contributed by atoms with E-state index in [1.54, 1.807) is 24.3 Å². The molecule has 2 aliphatic rings. The molecule has 0 atom stereocenters. The molecule has 0 unspecified atom stereocenters. The van der Waals surface area contributed by atoms with E-state index in [1.165, 1.54) is 4.31 Å². The average molecular weight is 432 g/mol. The monoisotopic (exact) mass is 431 g/mol. The summed E-state index contributed by atoms with van der Waals surface area (Å²) in [6.07, 6.45) is 0. The Bertz CT molecular complexity index is 697. The van der Waals surface area contributed by atoms with Gasteiger partial charge < -0.3 is 9.64 Å². The minimum Gasteiger partial charge on any atom is -0.378 e. The number of carbonyl (C=O) groups excluding carboxylic acids is 1. The Balaban J connectivity index is 1.54. The molecule has 2 heterocycles. The van der Waals surface area contributed by atoms with Crippen molar-refractivity contribution in [3.05, 3.63) is 28.7 Å². The van der Waals surface area contributed by atoms with Gasteiger partial charge in [0.05, 0.1) is 24.7 Å². The van der Waals surface area contributed by atoms with Crippen LogP contribution in [0.1, 0.15) is 0 Å². The molecule has 0 saturated carbocycles. The Labute approximate surface area is 156 Å². The minimum absolute atomic E-state index is 0.0903. The lowest BCUT2D eigenvalue weighted by molar-refractivity contribution is -0.136.